The second-order valence-corrected chi connectivity index (χ2v) is 4.47. The Morgan fingerprint density at radius 1 is 0.704 bits per heavy atom. The first-order chi connectivity index (χ1) is 11.6. The fraction of sp³-hybridized carbons (Fsp3) is 0.800. The van der Waals surface area contributed by atoms with E-state index in [2.05, 4.69) is 4.74 Å². The zero-order valence-corrected chi connectivity index (χ0v) is 12.3. The predicted molar refractivity (Wildman–Crippen MR) is 56.1 cm³/mol. The smallest absolute Gasteiger partial charge is 0.448 e. The third kappa shape index (κ3) is 4.20. The Labute approximate surface area is 139 Å². The van der Waals surface area contributed by atoms with E-state index in [0.29, 0.717) is 0 Å². The van der Waals surface area contributed by atoms with Crippen molar-refractivity contribution in [2.75, 3.05) is 6.61 Å². The van der Waals surface area contributed by atoms with Crippen molar-refractivity contribution < 1.29 is 71.0 Å². The molecule has 0 heterocycles. The average Bonchev–Trinajstić information content (AvgIpc) is 2.31. The molecule has 0 aromatic rings. The van der Waals surface area contributed by atoms with E-state index in [4.69, 9.17) is 0 Å². The lowest BCUT2D eigenvalue weighted by Gasteiger charge is -2.41. The molecule has 0 N–H and O–H groups in total. The summed E-state index contributed by atoms with van der Waals surface area (Å²) in [5.74, 6) is -7.47. The third-order valence-corrected chi connectivity index (χ3v) is 2.76. The molecule has 160 valence electrons. The Morgan fingerprint density at radius 2 is 1.04 bits per heavy atom. The normalized spacial score (nSPS) is 15.7. The number of ether oxygens (including phenoxy) is 1. The molecule has 0 aromatic carbocycles. The molecule has 17 heteroatoms. The number of nitrogens with zero attached hydrogens (tertiary/aromatic N) is 1. The van der Waals surface area contributed by atoms with Gasteiger partial charge in [-0.15, -0.1) is 0 Å². The summed E-state index contributed by atoms with van der Waals surface area (Å²) in [7, 11) is 0. The molecular formula is C10H5F14NO2. The number of halogens is 14. The van der Waals surface area contributed by atoms with Crippen LogP contribution in [0, 0.1) is 5.41 Å². The molecule has 0 saturated heterocycles. The number of carbonyl (C=O) groups is 1. The summed E-state index contributed by atoms with van der Waals surface area (Å²) in [4.78, 5) is 11.9. The summed E-state index contributed by atoms with van der Waals surface area (Å²) in [5, 5.41) is 0. The fourth-order valence-corrected chi connectivity index (χ4v) is 1.66. The Morgan fingerprint density at radius 3 is 1.26 bits per heavy atom. The van der Waals surface area contributed by atoms with Crippen LogP contribution in [-0.2, 0) is 4.74 Å². The van der Waals surface area contributed by atoms with Crippen LogP contribution < -0.4 is 0 Å². The van der Waals surface area contributed by atoms with E-state index in [1.165, 1.54) is 0 Å². The standard InChI is InChI=1S/C10H5F14NO2/c1-2-27-4(26)25-3(6(11,12)10(22,23)24)5(7(13,14)15,8(16,17)18)9(19,20)21/h2H2,1H3. The van der Waals surface area contributed by atoms with Gasteiger partial charge in [0.2, 0.25) is 0 Å². The van der Waals surface area contributed by atoms with Crippen molar-refractivity contribution in [3.63, 3.8) is 0 Å². The fourth-order valence-electron chi connectivity index (χ4n) is 1.66. The summed E-state index contributed by atoms with van der Waals surface area (Å²) in [6.45, 7) is -0.288. The van der Waals surface area contributed by atoms with E-state index >= 15 is 0 Å². The SMILES string of the molecule is CCOC(=O)N=C(C(F)(F)C(F)(F)F)C(C(F)(F)F)(C(F)(F)F)C(F)(F)F. The Bertz CT molecular complexity index is 543. The molecule has 0 radical (unpaired) electrons. The lowest BCUT2D eigenvalue weighted by molar-refractivity contribution is -0.402. The van der Waals surface area contributed by atoms with E-state index in [1.807, 2.05) is 0 Å². The van der Waals surface area contributed by atoms with Crippen LogP contribution in [0.15, 0.2) is 4.99 Å². The minimum Gasteiger partial charge on any atom is -0.448 e. The summed E-state index contributed by atoms with van der Waals surface area (Å²) < 4.78 is 182. The highest BCUT2D eigenvalue weighted by Gasteiger charge is 2.90. The zero-order valence-electron chi connectivity index (χ0n) is 12.3. The highest BCUT2D eigenvalue weighted by Crippen LogP contribution is 2.63. The maximum absolute atomic E-state index is 13.3. The minimum atomic E-state index is -7.86. The molecule has 0 aliphatic rings. The minimum absolute atomic E-state index is 0.750. The summed E-state index contributed by atoms with van der Waals surface area (Å²) >= 11 is 0. The van der Waals surface area contributed by atoms with E-state index in [-0.39, 0.29) is 0 Å². The van der Waals surface area contributed by atoms with Crippen LogP contribution in [0.2, 0.25) is 0 Å². The number of carbonyl (C=O) groups excluding carboxylic acids is 1. The van der Waals surface area contributed by atoms with Crippen molar-refractivity contribution in [2.45, 2.75) is 37.6 Å². The molecule has 0 unspecified atom stereocenters. The van der Waals surface area contributed by atoms with Crippen LogP contribution in [0.5, 0.6) is 0 Å². The third-order valence-electron chi connectivity index (χ3n) is 2.76. The number of aliphatic imine (C=N–C) groups is 1. The molecule has 0 aromatic heterocycles. The highest BCUT2D eigenvalue weighted by molar-refractivity contribution is 6.04. The monoisotopic (exact) mass is 437 g/mol. The van der Waals surface area contributed by atoms with Crippen LogP contribution in [0.3, 0.4) is 0 Å². The first kappa shape index (κ1) is 25.2. The van der Waals surface area contributed by atoms with Gasteiger partial charge >= 0.3 is 36.7 Å². The molecule has 1 amide bonds. The Hall–Kier alpha value is -1.84. The second-order valence-electron chi connectivity index (χ2n) is 4.47. The Kier molecular flexibility index (Phi) is 6.48. The van der Waals surface area contributed by atoms with Gasteiger partial charge in [0.1, 0.15) is 5.71 Å². The van der Waals surface area contributed by atoms with Gasteiger partial charge in [0.05, 0.1) is 6.61 Å². The van der Waals surface area contributed by atoms with E-state index in [9.17, 15) is 66.3 Å². The zero-order chi connectivity index (χ0) is 22.3. The van der Waals surface area contributed by atoms with E-state index < -0.39 is 54.5 Å². The first-order valence-electron chi connectivity index (χ1n) is 6.00. The van der Waals surface area contributed by atoms with Gasteiger partial charge in [-0.1, -0.05) is 0 Å². The van der Waals surface area contributed by atoms with Gasteiger partial charge in [-0.3, -0.25) is 0 Å². The molecule has 27 heavy (non-hydrogen) atoms. The largest absolute Gasteiger partial charge is 0.459 e. The molecule has 3 nitrogen and oxygen atoms in total. The lowest BCUT2D eigenvalue weighted by Crippen LogP contribution is -2.69. The van der Waals surface area contributed by atoms with Crippen molar-refractivity contribution in [1.82, 2.24) is 0 Å². The van der Waals surface area contributed by atoms with Crippen LogP contribution in [-0.4, -0.2) is 49.0 Å². The van der Waals surface area contributed by atoms with Crippen molar-refractivity contribution in [2.24, 2.45) is 10.4 Å². The number of alkyl halides is 14. The molecule has 0 saturated carbocycles. The van der Waals surface area contributed by atoms with Gasteiger partial charge in [-0.2, -0.15) is 66.5 Å². The molecule has 0 fully saturated rings. The van der Waals surface area contributed by atoms with Crippen molar-refractivity contribution in [3.8, 4) is 0 Å². The first-order valence-corrected chi connectivity index (χ1v) is 6.00. The number of amides is 1. The summed E-state index contributed by atoms with van der Waals surface area (Å²) in [6.07, 6.45) is -33.9. The van der Waals surface area contributed by atoms with Gasteiger partial charge in [-0.05, 0) is 6.92 Å². The highest BCUT2D eigenvalue weighted by atomic mass is 19.4. The van der Waals surface area contributed by atoms with Crippen LogP contribution in [0.1, 0.15) is 6.92 Å². The van der Waals surface area contributed by atoms with Crippen molar-refractivity contribution in [3.05, 3.63) is 0 Å². The maximum Gasteiger partial charge on any atom is 0.459 e. The van der Waals surface area contributed by atoms with Crippen molar-refractivity contribution >= 4 is 11.8 Å². The van der Waals surface area contributed by atoms with Gasteiger partial charge in [-0.25, -0.2) is 4.79 Å². The molecule has 0 spiro atoms. The predicted octanol–water partition coefficient (Wildman–Crippen LogP) is 5.45. The number of hydrogen-bond donors (Lipinski definition) is 0. The molecular weight excluding hydrogens is 432 g/mol. The second kappa shape index (κ2) is 6.96. The molecule has 0 aliphatic carbocycles. The Balaban J connectivity index is 7.49. The molecule has 0 atom stereocenters. The molecule has 0 bridgehead atoms. The van der Waals surface area contributed by atoms with Gasteiger partial charge in [0, 0.05) is 0 Å². The van der Waals surface area contributed by atoms with Crippen molar-refractivity contribution in [1.29, 1.82) is 0 Å². The summed E-state index contributed by atoms with van der Waals surface area (Å²) in [5.41, 5.74) is -12.7. The van der Waals surface area contributed by atoms with Crippen LogP contribution in [0.4, 0.5) is 66.3 Å². The van der Waals surface area contributed by atoms with Crippen LogP contribution >= 0.6 is 0 Å². The van der Waals surface area contributed by atoms with Gasteiger partial charge in [0.15, 0.2) is 0 Å². The number of hydrogen-bond acceptors (Lipinski definition) is 2. The average molecular weight is 437 g/mol. The molecule has 0 aliphatic heterocycles. The quantitative estimate of drug-likeness (QED) is 0.435. The topological polar surface area (TPSA) is 38.7 Å². The molecule has 0 rings (SSSR count). The summed E-state index contributed by atoms with van der Waals surface area (Å²) in [6, 6.07) is 0. The van der Waals surface area contributed by atoms with Crippen LogP contribution in [0.25, 0.3) is 0 Å². The number of rotatable bonds is 3. The van der Waals surface area contributed by atoms with E-state index in [1.54, 1.807) is 0 Å². The lowest BCUT2D eigenvalue weighted by atomic mass is 9.76. The maximum atomic E-state index is 13.3. The van der Waals surface area contributed by atoms with Gasteiger partial charge in [0.25, 0.3) is 5.41 Å². The van der Waals surface area contributed by atoms with Gasteiger partial charge < -0.3 is 4.74 Å². The van der Waals surface area contributed by atoms with E-state index in [0.717, 1.165) is 11.9 Å².